The number of nitrogens with one attached hydrogen (secondary N) is 1. The summed E-state index contributed by atoms with van der Waals surface area (Å²) in [7, 11) is 0. The highest BCUT2D eigenvalue weighted by molar-refractivity contribution is 4.95. The minimum Gasteiger partial charge on any atom is -0.301 e. The first-order valence-corrected chi connectivity index (χ1v) is 8.74. The summed E-state index contributed by atoms with van der Waals surface area (Å²) in [6, 6.07) is 3.94. The molecule has 0 aromatic heterocycles. The molecule has 0 heterocycles. The molecule has 20 heavy (non-hydrogen) atoms. The second kappa shape index (κ2) is 8.64. The van der Waals surface area contributed by atoms with Crippen LogP contribution in [0.3, 0.4) is 0 Å². The maximum Gasteiger partial charge on any atom is 0.108 e. The normalized spacial score (nSPS) is 23.6. The third-order valence-electron chi connectivity index (χ3n) is 5.09. The molecule has 0 aliphatic heterocycles. The van der Waals surface area contributed by atoms with Crippen molar-refractivity contribution in [3.05, 3.63) is 0 Å². The number of hydrogen-bond donors (Lipinski definition) is 1. The SMILES string of the molecule is CCNC(C#N)CN(C1CCCCC1)C1CCCCC1. The summed E-state index contributed by atoms with van der Waals surface area (Å²) in [5, 5.41) is 12.7. The Kier molecular flexibility index (Phi) is 6.82. The second-order valence-electron chi connectivity index (χ2n) is 6.52. The van der Waals surface area contributed by atoms with E-state index in [2.05, 4.69) is 23.2 Å². The van der Waals surface area contributed by atoms with E-state index in [4.69, 9.17) is 0 Å². The summed E-state index contributed by atoms with van der Waals surface area (Å²) in [6.07, 6.45) is 13.7. The second-order valence-corrected chi connectivity index (χ2v) is 6.52. The average molecular weight is 277 g/mol. The zero-order chi connectivity index (χ0) is 14.2. The van der Waals surface area contributed by atoms with E-state index in [1.807, 2.05) is 0 Å². The number of rotatable bonds is 6. The van der Waals surface area contributed by atoms with Gasteiger partial charge in [0.25, 0.3) is 0 Å². The standard InChI is InChI=1S/C17H31N3/c1-2-19-15(13-18)14-20(16-9-5-3-6-10-16)17-11-7-4-8-12-17/h15-17,19H,2-12,14H2,1H3. The minimum absolute atomic E-state index is 0.00357. The van der Waals surface area contributed by atoms with E-state index in [0.717, 1.165) is 25.2 Å². The molecule has 0 bridgehead atoms. The van der Waals surface area contributed by atoms with E-state index < -0.39 is 0 Å². The Balaban J connectivity index is 1.99. The quantitative estimate of drug-likeness (QED) is 0.808. The lowest BCUT2D eigenvalue weighted by molar-refractivity contribution is 0.0760. The lowest BCUT2D eigenvalue weighted by Gasteiger charge is -2.42. The molecule has 2 fully saturated rings. The number of hydrogen-bond acceptors (Lipinski definition) is 3. The van der Waals surface area contributed by atoms with Crippen molar-refractivity contribution >= 4 is 0 Å². The molecule has 0 aromatic carbocycles. The lowest BCUT2D eigenvalue weighted by Crippen LogP contribution is -2.51. The van der Waals surface area contributed by atoms with Crippen LogP contribution in [0, 0.1) is 11.3 Å². The Morgan fingerprint density at radius 3 is 1.90 bits per heavy atom. The molecule has 114 valence electrons. The smallest absolute Gasteiger partial charge is 0.108 e. The van der Waals surface area contributed by atoms with Gasteiger partial charge in [0.15, 0.2) is 0 Å². The van der Waals surface area contributed by atoms with Gasteiger partial charge in [-0.05, 0) is 32.2 Å². The predicted molar refractivity (Wildman–Crippen MR) is 83.5 cm³/mol. The van der Waals surface area contributed by atoms with Crippen LogP contribution in [0.25, 0.3) is 0 Å². The van der Waals surface area contributed by atoms with Gasteiger partial charge in [0, 0.05) is 18.6 Å². The Morgan fingerprint density at radius 1 is 1.00 bits per heavy atom. The third-order valence-corrected chi connectivity index (χ3v) is 5.09. The van der Waals surface area contributed by atoms with Gasteiger partial charge in [-0.1, -0.05) is 45.4 Å². The monoisotopic (exact) mass is 277 g/mol. The van der Waals surface area contributed by atoms with Crippen LogP contribution >= 0.6 is 0 Å². The number of nitrogens with zero attached hydrogens (tertiary/aromatic N) is 2. The van der Waals surface area contributed by atoms with E-state index in [1.165, 1.54) is 64.2 Å². The van der Waals surface area contributed by atoms with Gasteiger partial charge in [-0.15, -0.1) is 0 Å². The molecule has 0 saturated heterocycles. The van der Waals surface area contributed by atoms with E-state index >= 15 is 0 Å². The van der Waals surface area contributed by atoms with Crippen molar-refractivity contribution in [2.75, 3.05) is 13.1 Å². The molecular weight excluding hydrogens is 246 g/mol. The zero-order valence-corrected chi connectivity index (χ0v) is 13.1. The van der Waals surface area contributed by atoms with Gasteiger partial charge in [0.05, 0.1) is 6.07 Å². The molecule has 0 radical (unpaired) electrons. The molecule has 0 spiro atoms. The molecule has 2 aliphatic carbocycles. The molecule has 1 unspecified atom stereocenters. The molecule has 1 N–H and O–H groups in total. The first-order chi connectivity index (χ1) is 9.85. The molecule has 1 atom stereocenters. The topological polar surface area (TPSA) is 39.1 Å². The van der Waals surface area contributed by atoms with Gasteiger partial charge < -0.3 is 5.32 Å². The molecule has 3 nitrogen and oxygen atoms in total. The maximum absolute atomic E-state index is 9.36. The van der Waals surface area contributed by atoms with Gasteiger partial charge in [-0.3, -0.25) is 4.90 Å². The van der Waals surface area contributed by atoms with Crippen molar-refractivity contribution in [2.45, 2.75) is 89.3 Å². The first kappa shape index (κ1) is 15.8. The molecule has 3 heteroatoms. The zero-order valence-electron chi connectivity index (χ0n) is 13.1. The van der Waals surface area contributed by atoms with Crippen molar-refractivity contribution in [3.63, 3.8) is 0 Å². The van der Waals surface area contributed by atoms with Crippen LogP contribution in [0.4, 0.5) is 0 Å². The average Bonchev–Trinajstić information content (AvgIpc) is 2.53. The number of likely N-dealkylation sites (N-methyl/N-ethyl adjacent to an activating group) is 1. The van der Waals surface area contributed by atoms with Crippen LogP contribution < -0.4 is 5.32 Å². The summed E-state index contributed by atoms with van der Waals surface area (Å²) in [5.74, 6) is 0. The highest BCUT2D eigenvalue weighted by Crippen LogP contribution is 2.30. The molecular formula is C17H31N3. The fourth-order valence-electron chi connectivity index (χ4n) is 4.03. The maximum atomic E-state index is 9.36. The summed E-state index contributed by atoms with van der Waals surface area (Å²) < 4.78 is 0. The first-order valence-electron chi connectivity index (χ1n) is 8.74. The largest absolute Gasteiger partial charge is 0.301 e. The van der Waals surface area contributed by atoms with E-state index in [0.29, 0.717) is 0 Å². The van der Waals surface area contributed by atoms with Crippen LogP contribution in [0.1, 0.15) is 71.1 Å². The molecule has 0 aromatic rings. The van der Waals surface area contributed by atoms with Crippen LogP contribution in [0.2, 0.25) is 0 Å². The van der Waals surface area contributed by atoms with Crippen LogP contribution in [-0.4, -0.2) is 36.1 Å². The van der Waals surface area contributed by atoms with Gasteiger partial charge in [-0.2, -0.15) is 5.26 Å². The Labute approximate surface area is 124 Å². The Bertz CT molecular complexity index is 280. The van der Waals surface area contributed by atoms with Gasteiger partial charge in [0.1, 0.15) is 6.04 Å². The van der Waals surface area contributed by atoms with Crippen LogP contribution in [-0.2, 0) is 0 Å². The van der Waals surface area contributed by atoms with E-state index in [-0.39, 0.29) is 6.04 Å². The van der Waals surface area contributed by atoms with Crippen molar-refractivity contribution in [1.82, 2.24) is 10.2 Å². The molecule has 2 rings (SSSR count). The summed E-state index contributed by atoms with van der Waals surface area (Å²) in [4.78, 5) is 2.72. The molecule has 2 aliphatic rings. The van der Waals surface area contributed by atoms with Gasteiger partial charge in [0.2, 0.25) is 0 Å². The van der Waals surface area contributed by atoms with Crippen LogP contribution in [0.15, 0.2) is 0 Å². The lowest BCUT2D eigenvalue weighted by atomic mass is 9.88. The van der Waals surface area contributed by atoms with E-state index in [1.54, 1.807) is 0 Å². The highest BCUT2D eigenvalue weighted by atomic mass is 15.2. The number of nitriles is 1. The Hall–Kier alpha value is -0.590. The van der Waals surface area contributed by atoms with Gasteiger partial charge in [-0.25, -0.2) is 0 Å². The fourth-order valence-corrected chi connectivity index (χ4v) is 4.03. The third kappa shape index (κ3) is 4.46. The van der Waals surface area contributed by atoms with Crippen molar-refractivity contribution < 1.29 is 0 Å². The van der Waals surface area contributed by atoms with Crippen molar-refractivity contribution in [1.29, 1.82) is 5.26 Å². The highest BCUT2D eigenvalue weighted by Gasteiger charge is 2.30. The summed E-state index contributed by atoms with van der Waals surface area (Å²) in [5.41, 5.74) is 0. The van der Waals surface area contributed by atoms with E-state index in [9.17, 15) is 5.26 Å². The minimum atomic E-state index is 0.00357. The molecule has 0 amide bonds. The summed E-state index contributed by atoms with van der Waals surface area (Å²) in [6.45, 7) is 3.91. The summed E-state index contributed by atoms with van der Waals surface area (Å²) >= 11 is 0. The Morgan fingerprint density at radius 2 is 1.50 bits per heavy atom. The molecule has 2 saturated carbocycles. The van der Waals surface area contributed by atoms with Crippen LogP contribution in [0.5, 0.6) is 0 Å². The van der Waals surface area contributed by atoms with Gasteiger partial charge >= 0.3 is 0 Å². The van der Waals surface area contributed by atoms with Crippen molar-refractivity contribution in [3.8, 4) is 6.07 Å². The fraction of sp³-hybridized carbons (Fsp3) is 0.941. The predicted octanol–water partition coefficient (Wildman–Crippen LogP) is 3.46. The van der Waals surface area contributed by atoms with Crippen molar-refractivity contribution in [2.24, 2.45) is 0 Å².